The first-order chi connectivity index (χ1) is 22.7. The van der Waals surface area contributed by atoms with Gasteiger partial charge in [0.2, 0.25) is 29.6 Å². The fraction of sp³-hybridized carbons (Fsp3) is 0.800. The predicted octanol–water partition coefficient (Wildman–Crippen LogP) is 4.45. The number of alkyl halides is 2. The van der Waals surface area contributed by atoms with Crippen LogP contribution in [0.2, 0.25) is 0 Å². The van der Waals surface area contributed by atoms with Crippen molar-refractivity contribution in [2.75, 3.05) is 26.2 Å². The van der Waals surface area contributed by atoms with Crippen molar-refractivity contribution < 1.29 is 28.0 Å². The van der Waals surface area contributed by atoms with E-state index < -0.39 is 18.0 Å². The fourth-order valence-corrected chi connectivity index (χ4v) is 8.73. The van der Waals surface area contributed by atoms with Crippen LogP contribution >= 0.6 is 11.3 Å². The molecule has 4 aliphatic heterocycles. The molecular weight excluding hydrogens is 638 g/mol. The number of unbranched alkanes of at least 4 members (excludes halogenated alkanes) is 1. The molecule has 1 aromatic heterocycles. The zero-order valence-corrected chi connectivity index (χ0v) is 29.9. The Bertz CT molecular complexity index is 1310. The number of aromatic nitrogens is 1. The van der Waals surface area contributed by atoms with Crippen molar-refractivity contribution >= 4 is 35.0 Å². The molecule has 13 heteroatoms. The fourth-order valence-electron chi connectivity index (χ4n) is 7.62. The monoisotopic (exact) mass is 692 g/mol. The highest BCUT2D eigenvalue weighted by atomic mass is 32.1. The van der Waals surface area contributed by atoms with Crippen molar-refractivity contribution in [3.05, 3.63) is 15.6 Å². The highest BCUT2D eigenvalue weighted by Crippen LogP contribution is 2.36. The molecule has 1 aromatic rings. The van der Waals surface area contributed by atoms with Crippen molar-refractivity contribution in [3.8, 4) is 0 Å². The first-order valence-electron chi connectivity index (χ1n) is 17.9. The Kier molecular flexibility index (Phi) is 11.8. The van der Waals surface area contributed by atoms with Crippen molar-refractivity contribution in [3.63, 3.8) is 0 Å². The van der Waals surface area contributed by atoms with Crippen LogP contribution in [0.1, 0.15) is 119 Å². The summed E-state index contributed by atoms with van der Waals surface area (Å²) in [5.74, 6) is -2.83. The molecule has 3 atom stereocenters. The number of carbonyl (C=O) groups is 4. The molecule has 3 fully saturated rings. The summed E-state index contributed by atoms with van der Waals surface area (Å²) in [6.07, 6.45) is 5.02. The molecule has 0 unspecified atom stereocenters. The van der Waals surface area contributed by atoms with Gasteiger partial charge < -0.3 is 25.8 Å². The number of hydrogen-bond donors (Lipinski definition) is 3. The summed E-state index contributed by atoms with van der Waals surface area (Å²) < 4.78 is 27.7. The van der Waals surface area contributed by atoms with E-state index in [1.807, 2.05) is 32.6 Å². The van der Waals surface area contributed by atoms with Gasteiger partial charge in [0.25, 0.3) is 0 Å². The lowest BCUT2D eigenvalue weighted by atomic mass is 9.91. The van der Waals surface area contributed by atoms with Crippen molar-refractivity contribution in [2.24, 2.45) is 5.41 Å². The quantitative estimate of drug-likeness (QED) is 0.346. The third-order valence-electron chi connectivity index (χ3n) is 10.3. The number of nitrogens with zero attached hydrogens (tertiary/aromatic N) is 3. The van der Waals surface area contributed by atoms with Crippen LogP contribution in [0.5, 0.6) is 0 Å². The molecule has 0 aromatic carbocycles. The van der Waals surface area contributed by atoms with Gasteiger partial charge in [-0.05, 0) is 63.7 Å². The summed E-state index contributed by atoms with van der Waals surface area (Å²) >= 11 is 1.63. The molecule has 2 saturated heterocycles. The number of amides is 4. The Morgan fingerprint density at radius 2 is 1.77 bits per heavy atom. The van der Waals surface area contributed by atoms with Gasteiger partial charge in [0.05, 0.1) is 17.1 Å². The Morgan fingerprint density at radius 3 is 2.46 bits per heavy atom. The molecule has 5 aliphatic rings. The van der Waals surface area contributed by atoms with E-state index in [-0.39, 0.29) is 72.7 Å². The zero-order chi connectivity index (χ0) is 34.6. The molecule has 5 heterocycles. The molecular formula is C35H54F2N6O4S. The van der Waals surface area contributed by atoms with Gasteiger partial charge in [-0.1, -0.05) is 20.8 Å². The highest BCUT2D eigenvalue weighted by molar-refractivity contribution is 7.11. The Labute approximate surface area is 287 Å². The molecule has 10 nitrogen and oxygen atoms in total. The number of piperidine rings is 1. The second-order valence-electron chi connectivity index (χ2n) is 15.7. The summed E-state index contributed by atoms with van der Waals surface area (Å²) in [6, 6.07) is -1.31. The number of hydrogen-bond acceptors (Lipinski definition) is 7. The summed E-state index contributed by atoms with van der Waals surface area (Å²) in [4.78, 5) is 63.2. The largest absolute Gasteiger partial charge is 0.356 e. The minimum atomic E-state index is -2.63. The third kappa shape index (κ3) is 9.95. The minimum absolute atomic E-state index is 0.00739. The van der Waals surface area contributed by atoms with E-state index in [0.29, 0.717) is 71.1 Å². The summed E-state index contributed by atoms with van der Waals surface area (Å²) in [7, 11) is 0. The smallest absolute Gasteiger partial charge is 0.248 e. The number of halogens is 2. The number of fused-ring (bicyclic) bond motifs is 7. The van der Waals surface area contributed by atoms with E-state index in [2.05, 4.69) is 16.0 Å². The number of rotatable bonds is 8. The number of thiazole rings is 1. The molecule has 268 valence electrons. The Morgan fingerprint density at radius 1 is 1.06 bits per heavy atom. The van der Waals surface area contributed by atoms with Crippen molar-refractivity contribution in [2.45, 2.75) is 147 Å². The second kappa shape index (κ2) is 15.5. The zero-order valence-electron chi connectivity index (χ0n) is 29.0. The van der Waals surface area contributed by atoms with Gasteiger partial charge in [-0.25, -0.2) is 13.8 Å². The topological polar surface area (TPSA) is 124 Å². The molecule has 1 aliphatic carbocycles. The van der Waals surface area contributed by atoms with E-state index in [9.17, 15) is 28.0 Å². The number of aryl methyl sites for hydroxylation is 1. The summed E-state index contributed by atoms with van der Waals surface area (Å²) in [5, 5.41) is 10.6. The molecule has 4 amide bonds. The molecule has 6 rings (SSSR count). The average molecular weight is 693 g/mol. The van der Waals surface area contributed by atoms with E-state index in [1.54, 1.807) is 16.2 Å². The van der Waals surface area contributed by atoms with Crippen LogP contribution in [0.25, 0.3) is 0 Å². The maximum Gasteiger partial charge on any atom is 0.248 e. The summed E-state index contributed by atoms with van der Waals surface area (Å²) in [6.45, 7) is 10.1. The Hall–Kier alpha value is -2.67. The third-order valence-corrected chi connectivity index (χ3v) is 11.4. The lowest BCUT2D eigenvalue weighted by Crippen LogP contribution is -2.51. The van der Waals surface area contributed by atoms with E-state index >= 15 is 0 Å². The standard InChI is InChI=1S/C35H54F2N6O4S/c1-22-27-19-29(44)40-25(7-5-6-14-38-30(45)20-34(2,3)4)18-31(46)43-21-26(39-24-8-12-35(36,37)13-9-24)17-28(43)33(47)42-15-10-23(11-16-42)32(41-27)48-22/h23-26,28,39H,5-21H2,1-4H3,(H,38,45)(H,40,44)/t25-,26-,28-/m0/s1. The Balaban J connectivity index is 1.30. The van der Waals surface area contributed by atoms with E-state index in [1.165, 1.54) is 0 Å². The van der Waals surface area contributed by atoms with Gasteiger partial charge in [0.15, 0.2) is 0 Å². The van der Waals surface area contributed by atoms with Crippen molar-refractivity contribution in [1.82, 2.24) is 30.7 Å². The first-order valence-corrected chi connectivity index (χ1v) is 18.7. The first kappa shape index (κ1) is 36.6. The SMILES string of the molecule is Cc1sc2nc1CC(=O)N[C@@H](CCCCNC(=O)CC(C)(C)C)CC(=O)N1C[C@@H](NC3CCC(F)(F)CC3)C[C@H]1C(=O)N1CCC2CC1. The molecule has 3 N–H and O–H groups in total. The molecule has 4 bridgehead atoms. The van der Waals surface area contributed by atoms with Crippen LogP contribution < -0.4 is 16.0 Å². The summed E-state index contributed by atoms with van der Waals surface area (Å²) in [5.41, 5.74) is 0.665. The van der Waals surface area contributed by atoms with Gasteiger partial charge in [-0.2, -0.15) is 0 Å². The predicted molar refractivity (Wildman–Crippen MR) is 181 cm³/mol. The van der Waals surface area contributed by atoms with Gasteiger partial charge >= 0.3 is 0 Å². The lowest BCUT2D eigenvalue weighted by Gasteiger charge is -2.35. The van der Waals surface area contributed by atoms with E-state index in [4.69, 9.17) is 4.98 Å². The second-order valence-corrected chi connectivity index (χ2v) is 16.9. The highest BCUT2D eigenvalue weighted by Gasteiger charge is 2.44. The number of carbonyl (C=O) groups excluding carboxylic acids is 4. The van der Waals surface area contributed by atoms with Gasteiger partial charge in [0, 0.05) is 80.8 Å². The number of nitrogens with one attached hydrogen (secondary N) is 3. The maximum absolute atomic E-state index is 14.1. The molecule has 0 radical (unpaired) electrons. The minimum Gasteiger partial charge on any atom is -0.356 e. The van der Waals surface area contributed by atoms with Gasteiger partial charge in [-0.3, -0.25) is 19.2 Å². The van der Waals surface area contributed by atoms with Gasteiger partial charge in [0.1, 0.15) is 6.04 Å². The van der Waals surface area contributed by atoms with Crippen molar-refractivity contribution in [1.29, 1.82) is 0 Å². The van der Waals surface area contributed by atoms with Crippen LogP contribution in [0, 0.1) is 12.3 Å². The molecule has 48 heavy (non-hydrogen) atoms. The van der Waals surface area contributed by atoms with Crippen LogP contribution in [0.4, 0.5) is 8.78 Å². The average Bonchev–Trinajstić information content (AvgIpc) is 3.59. The van der Waals surface area contributed by atoms with E-state index in [0.717, 1.165) is 28.4 Å². The maximum atomic E-state index is 14.1. The molecule has 0 spiro atoms. The van der Waals surface area contributed by atoms with Gasteiger partial charge in [-0.15, -0.1) is 11.3 Å². The van der Waals surface area contributed by atoms with Crippen LogP contribution in [-0.2, 0) is 25.6 Å². The lowest BCUT2D eigenvalue weighted by molar-refractivity contribution is -0.145. The van der Waals surface area contributed by atoms with Crippen LogP contribution in [-0.4, -0.2) is 94.7 Å². The van der Waals surface area contributed by atoms with Crippen LogP contribution in [0.15, 0.2) is 0 Å². The molecule has 1 saturated carbocycles. The van der Waals surface area contributed by atoms with Crippen LogP contribution in [0.3, 0.4) is 0 Å². The normalized spacial score (nSPS) is 26.1.